The Kier molecular flexibility index (Phi) is 5.27. The van der Waals surface area contributed by atoms with Crippen LogP contribution in [0.4, 0.5) is 11.4 Å². The second-order valence-corrected chi connectivity index (χ2v) is 3.71. The molecule has 0 bridgehead atoms. The maximum Gasteiger partial charge on any atom is 0.248 e. The zero-order valence-electron chi connectivity index (χ0n) is 10.7. The number of hydrogen-bond donors (Lipinski definition) is 1. The van der Waals surface area contributed by atoms with E-state index in [9.17, 15) is 4.79 Å². The lowest BCUT2D eigenvalue weighted by Crippen LogP contribution is -2.21. The van der Waals surface area contributed by atoms with Crippen molar-refractivity contribution in [3.8, 4) is 0 Å². The molecule has 3 nitrogen and oxygen atoms in total. The number of nitrogens with one attached hydrogen (secondary N) is 1. The molecule has 0 spiro atoms. The van der Waals surface area contributed by atoms with Gasteiger partial charge in [0.25, 0.3) is 0 Å². The molecule has 3 heteroatoms. The van der Waals surface area contributed by atoms with Gasteiger partial charge in [0.2, 0.25) is 5.91 Å². The highest BCUT2D eigenvalue weighted by molar-refractivity contribution is 5.99. The van der Waals surface area contributed by atoms with Gasteiger partial charge in [-0.2, -0.15) is 0 Å². The molecule has 0 aromatic heterocycles. The van der Waals surface area contributed by atoms with Crippen molar-refractivity contribution in [2.45, 2.75) is 20.8 Å². The van der Waals surface area contributed by atoms with E-state index in [1.165, 1.54) is 11.8 Å². The summed E-state index contributed by atoms with van der Waals surface area (Å²) >= 11 is 0. The van der Waals surface area contributed by atoms with E-state index in [2.05, 4.69) is 24.1 Å². The summed E-state index contributed by atoms with van der Waals surface area (Å²) in [6.07, 6.45) is 3.23. The van der Waals surface area contributed by atoms with Crippen LogP contribution in [-0.2, 0) is 4.79 Å². The lowest BCUT2D eigenvalue weighted by Gasteiger charge is -2.21. The highest BCUT2D eigenvalue weighted by Gasteiger charge is 2.02. The maximum absolute atomic E-state index is 11.3. The normalized spacial score (nSPS) is 10.5. The molecule has 0 aliphatic heterocycles. The standard InChI is InChI=1S/C14H20N2O/c1-4-7-14(17)15-12-8-10-13(11-9-12)16(5-2)6-3/h4,7-11H,5-6H2,1-3H3,(H,15,17)/b7-4-. The van der Waals surface area contributed by atoms with Crippen molar-refractivity contribution in [2.75, 3.05) is 23.3 Å². The van der Waals surface area contributed by atoms with Crippen molar-refractivity contribution in [2.24, 2.45) is 0 Å². The Hall–Kier alpha value is -1.77. The summed E-state index contributed by atoms with van der Waals surface area (Å²) in [4.78, 5) is 13.6. The summed E-state index contributed by atoms with van der Waals surface area (Å²) in [6.45, 7) is 8.06. The highest BCUT2D eigenvalue weighted by Crippen LogP contribution is 2.17. The number of carbonyl (C=O) groups excluding carboxylic acids is 1. The van der Waals surface area contributed by atoms with Crippen LogP contribution in [0.1, 0.15) is 20.8 Å². The van der Waals surface area contributed by atoms with Gasteiger partial charge in [0, 0.05) is 24.5 Å². The summed E-state index contributed by atoms with van der Waals surface area (Å²) in [5.74, 6) is -0.0944. The van der Waals surface area contributed by atoms with Gasteiger partial charge < -0.3 is 10.2 Å². The first-order valence-corrected chi connectivity index (χ1v) is 6.00. The molecule has 0 saturated heterocycles. The van der Waals surface area contributed by atoms with Crippen molar-refractivity contribution in [3.63, 3.8) is 0 Å². The van der Waals surface area contributed by atoms with Gasteiger partial charge in [0.15, 0.2) is 0 Å². The van der Waals surface area contributed by atoms with Gasteiger partial charge in [0.05, 0.1) is 0 Å². The molecule has 0 unspecified atom stereocenters. The summed E-state index contributed by atoms with van der Waals surface area (Å²) in [5, 5.41) is 2.80. The van der Waals surface area contributed by atoms with Crippen LogP contribution >= 0.6 is 0 Å². The number of nitrogens with zero attached hydrogens (tertiary/aromatic N) is 1. The molecule has 1 amide bonds. The lowest BCUT2D eigenvalue weighted by molar-refractivity contribution is -0.111. The minimum Gasteiger partial charge on any atom is -0.372 e. The van der Waals surface area contributed by atoms with E-state index in [-0.39, 0.29) is 5.91 Å². The summed E-state index contributed by atoms with van der Waals surface area (Å²) in [5.41, 5.74) is 2.00. The van der Waals surface area contributed by atoms with Crippen LogP contribution in [0.15, 0.2) is 36.4 Å². The van der Waals surface area contributed by atoms with Crippen molar-refractivity contribution >= 4 is 17.3 Å². The maximum atomic E-state index is 11.3. The Morgan fingerprint density at radius 3 is 2.29 bits per heavy atom. The molecule has 0 atom stereocenters. The van der Waals surface area contributed by atoms with Crippen LogP contribution in [-0.4, -0.2) is 19.0 Å². The first-order valence-electron chi connectivity index (χ1n) is 6.00. The van der Waals surface area contributed by atoms with Gasteiger partial charge >= 0.3 is 0 Å². The van der Waals surface area contributed by atoms with Gasteiger partial charge in [-0.15, -0.1) is 0 Å². The molecule has 0 radical (unpaired) electrons. The average molecular weight is 232 g/mol. The first kappa shape index (κ1) is 13.3. The molecular formula is C14H20N2O. The Labute approximate surface area is 103 Å². The molecule has 1 aromatic carbocycles. The van der Waals surface area contributed by atoms with Gasteiger partial charge in [-0.1, -0.05) is 6.08 Å². The monoisotopic (exact) mass is 232 g/mol. The van der Waals surface area contributed by atoms with Gasteiger partial charge in [-0.05, 0) is 51.1 Å². The predicted molar refractivity (Wildman–Crippen MR) is 73.4 cm³/mol. The fourth-order valence-electron chi connectivity index (χ4n) is 1.68. The van der Waals surface area contributed by atoms with Crippen LogP contribution in [0.5, 0.6) is 0 Å². The molecule has 0 fully saturated rings. The molecule has 1 aromatic rings. The fraction of sp³-hybridized carbons (Fsp3) is 0.357. The third-order valence-electron chi connectivity index (χ3n) is 2.58. The van der Waals surface area contributed by atoms with E-state index >= 15 is 0 Å². The largest absolute Gasteiger partial charge is 0.372 e. The van der Waals surface area contributed by atoms with Crippen molar-refractivity contribution in [3.05, 3.63) is 36.4 Å². The Morgan fingerprint density at radius 2 is 1.82 bits per heavy atom. The Morgan fingerprint density at radius 1 is 1.24 bits per heavy atom. The predicted octanol–water partition coefficient (Wildman–Crippen LogP) is 3.05. The van der Waals surface area contributed by atoms with E-state index in [0.717, 1.165) is 18.8 Å². The van der Waals surface area contributed by atoms with E-state index in [1.807, 2.05) is 31.2 Å². The number of amides is 1. The SMILES string of the molecule is C/C=C\C(=O)Nc1ccc(N(CC)CC)cc1. The van der Waals surface area contributed by atoms with Crippen LogP contribution in [0.3, 0.4) is 0 Å². The number of anilines is 2. The zero-order chi connectivity index (χ0) is 12.7. The van der Waals surface area contributed by atoms with Crippen molar-refractivity contribution in [1.82, 2.24) is 0 Å². The van der Waals surface area contributed by atoms with Crippen LogP contribution in [0.2, 0.25) is 0 Å². The van der Waals surface area contributed by atoms with Crippen LogP contribution in [0.25, 0.3) is 0 Å². The Bertz CT molecular complexity index is 378. The zero-order valence-corrected chi connectivity index (χ0v) is 10.7. The fourth-order valence-corrected chi connectivity index (χ4v) is 1.68. The molecule has 0 aliphatic carbocycles. The van der Waals surface area contributed by atoms with E-state index in [1.54, 1.807) is 6.08 Å². The van der Waals surface area contributed by atoms with E-state index in [4.69, 9.17) is 0 Å². The van der Waals surface area contributed by atoms with Crippen molar-refractivity contribution in [1.29, 1.82) is 0 Å². The van der Waals surface area contributed by atoms with Crippen molar-refractivity contribution < 1.29 is 4.79 Å². The summed E-state index contributed by atoms with van der Waals surface area (Å²) in [6, 6.07) is 7.90. The number of hydrogen-bond acceptors (Lipinski definition) is 2. The second-order valence-electron chi connectivity index (χ2n) is 3.71. The lowest BCUT2D eigenvalue weighted by atomic mass is 10.2. The molecule has 1 rings (SSSR count). The summed E-state index contributed by atoms with van der Waals surface area (Å²) < 4.78 is 0. The number of allylic oxidation sites excluding steroid dienone is 1. The second kappa shape index (κ2) is 6.74. The van der Waals surface area contributed by atoms with Crippen LogP contribution < -0.4 is 10.2 Å². The number of carbonyl (C=O) groups is 1. The topological polar surface area (TPSA) is 32.3 Å². The molecule has 17 heavy (non-hydrogen) atoms. The average Bonchev–Trinajstić information content (AvgIpc) is 2.33. The number of rotatable bonds is 5. The molecule has 0 aliphatic rings. The first-order chi connectivity index (χ1) is 8.21. The molecular weight excluding hydrogens is 212 g/mol. The van der Waals surface area contributed by atoms with Gasteiger partial charge in [-0.25, -0.2) is 0 Å². The molecule has 1 N–H and O–H groups in total. The quantitative estimate of drug-likeness (QED) is 0.791. The van der Waals surface area contributed by atoms with E-state index in [0.29, 0.717) is 0 Å². The minimum absolute atomic E-state index is 0.0944. The molecule has 0 heterocycles. The third kappa shape index (κ3) is 3.94. The Balaban J connectivity index is 2.70. The molecule has 0 saturated carbocycles. The highest BCUT2D eigenvalue weighted by atomic mass is 16.1. The minimum atomic E-state index is -0.0944. The van der Waals surface area contributed by atoms with Gasteiger partial charge in [0.1, 0.15) is 0 Å². The smallest absolute Gasteiger partial charge is 0.248 e. The third-order valence-corrected chi connectivity index (χ3v) is 2.58. The van der Waals surface area contributed by atoms with Gasteiger partial charge in [-0.3, -0.25) is 4.79 Å². The van der Waals surface area contributed by atoms with E-state index < -0.39 is 0 Å². The number of benzene rings is 1. The van der Waals surface area contributed by atoms with Crippen LogP contribution in [0, 0.1) is 0 Å². The molecule has 92 valence electrons. The summed E-state index contributed by atoms with van der Waals surface area (Å²) in [7, 11) is 0.